The lowest BCUT2D eigenvalue weighted by molar-refractivity contribution is -0.143. The molecule has 2 aromatic rings. The zero-order valence-electron chi connectivity index (χ0n) is 37.2. The summed E-state index contributed by atoms with van der Waals surface area (Å²) in [6, 6.07) is 13.0. The zero-order chi connectivity index (χ0) is 45.2. The summed E-state index contributed by atoms with van der Waals surface area (Å²) in [5.74, 6) is -5.34. The fourth-order valence-electron chi connectivity index (χ4n) is 6.20. The van der Waals surface area contributed by atoms with E-state index in [1.165, 1.54) is 12.5 Å². The van der Waals surface area contributed by atoms with Gasteiger partial charge in [-0.15, -0.1) is 0 Å². The van der Waals surface area contributed by atoms with Gasteiger partial charge in [-0.3, -0.25) is 19.2 Å². The van der Waals surface area contributed by atoms with Crippen LogP contribution in [0.15, 0.2) is 48.5 Å². The zero-order valence-corrected chi connectivity index (χ0v) is 37.2. The highest BCUT2D eigenvalue weighted by Gasteiger charge is 2.31. The minimum absolute atomic E-state index is 0.0155. The maximum absolute atomic E-state index is 14.1. The molecule has 0 spiro atoms. The molecule has 5 N–H and O–H groups in total. The van der Waals surface area contributed by atoms with Crippen LogP contribution in [0.3, 0.4) is 0 Å². The van der Waals surface area contributed by atoms with Crippen molar-refractivity contribution in [3.63, 3.8) is 0 Å². The van der Waals surface area contributed by atoms with Crippen LogP contribution in [0.25, 0.3) is 11.1 Å². The summed E-state index contributed by atoms with van der Waals surface area (Å²) in [7, 11) is 0. The maximum atomic E-state index is 14.1. The molecule has 2 aromatic carbocycles. The van der Waals surface area contributed by atoms with E-state index in [0.717, 1.165) is 30.4 Å². The van der Waals surface area contributed by atoms with Gasteiger partial charge in [-0.1, -0.05) is 82.6 Å². The van der Waals surface area contributed by atoms with Gasteiger partial charge in [0.15, 0.2) is 11.6 Å². The molecule has 0 saturated heterocycles. The molecule has 4 amide bonds. The highest BCUT2D eigenvalue weighted by atomic mass is 16.6. The van der Waals surface area contributed by atoms with Crippen LogP contribution >= 0.6 is 0 Å². The van der Waals surface area contributed by atoms with Crippen molar-refractivity contribution < 1.29 is 48.1 Å². The standard InChI is InChI=1S/C46H68N4O10/c1-11-12-13-31-14-16-32(17-15-31)33-18-20-34(21-19-33)38(51)28-35(22-24-47-43(57)59-45(5,6)7)41(54)49-36(23-25-48-44(58)60-46(8,9)10)39(52)27-30(4)40(53)50-37(42(55)56)26-29(2)3/h14-21,29-30,35-37H,11-13,22-28H2,1-10H3,(H,47,57)(H,48,58)(H,49,54)(H,50,53)(H,55,56)/t30-,35-,36+,37+/m1/s1. The number of ketones is 2. The van der Waals surface area contributed by atoms with Gasteiger partial charge in [-0.05, 0) is 96.3 Å². The molecular formula is C46H68N4O10. The molecule has 0 heterocycles. The second kappa shape index (κ2) is 24.1. The van der Waals surface area contributed by atoms with Crippen LogP contribution in [0.1, 0.15) is 130 Å². The number of carboxylic acid groups (broad SMARTS) is 1. The van der Waals surface area contributed by atoms with Gasteiger partial charge in [-0.25, -0.2) is 14.4 Å². The fourth-order valence-corrected chi connectivity index (χ4v) is 6.20. The van der Waals surface area contributed by atoms with E-state index in [4.69, 9.17) is 9.47 Å². The molecule has 4 atom stereocenters. The third-order valence-corrected chi connectivity index (χ3v) is 9.36. The van der Waals surface area contributed by atoms with E-state index in [1.54, 1.807) is 53.7 Å². The first kappa shape index (κ1) is 50.9. The highest BCUT2D eigenvalue weighted by Crippen LogP contribution is 2.23. The SMILES string of the molecule is CCCCc1ccc(-c2ccc(C(=O)C[C@@H](CCNC(=O)OC(C)(C)C)C(=O)N[C@@H](CCNC(=O)OC(C)(C)C)C(=O)C[C@@H](C)C(=O)N[C@@H](CC(C)C)C(=O)O)cc2)cc1. The van der Waals surface area contributed by atoms with Crippen molar-refractivity contribution in [2.45, 2.75) is 144 Å². The molecule has 0 bridgehead atoms. The highest BCUT2D eigenvalue weighted by molar-refractivity contribution is 6.00. The van der Waals surface area contributed by atoms with Crippen molar-refractivity contribution in [2.75, 3.05) is 13.1 Å². The molecule has 0 saturated carbocycles. The van der Waals surface area contributed by atoms with Gasteiger partial charge < -0.3 is 35.8 Å². The quantitative estimate of drug-likeness (QED) is 0.0701. The Morgan fingerprint density at radius 1 is 0.667 bits per heavy atom. The number of unbranched alkanes of at least 4 members (excludes halogenated alkanes) is 1. The maximum Gasteiger partial charge on any atom is 0.407 e. The van der Waals surface area contributed by atoms with Gasteiger partial charge in [-0.2, -0.15) is 0 Å². The largest absolute Gasteiger partial charge is 0.480 e. The second-order valence-corrected chi connectivity index (χ2v) is 17.8. The van der Waals surface area contributed by atoms with Gasteiger partial charge in [0.25, 0.3) is 0 Å². The summed E-state index contributed by atoms with van der Waals surface area (Å²) in [6.45, 7) is 17.4. The number of hydrogen-bond acceptors (Lipinski definition) is 9. The number of nitrogens with one attached hydrogen (secondary N) is 4. The van der Waals surface area contributed by atoms with Crippen LogP contribution in [-0.2, 0) is 35.1 Å². The van der Waals surface area contributed by atoms with Gasteiger partial charge in [0, 0.05) is 43.3 Å². The van der Waals surface area contributed by atoms with E-state index in [9.17, 15) is 38.7 Å². The first-order valence-electron chi connectivity index (χ1n) is 21.0. The summed E-state index contributed by atoms with van der Waals surface area (Å²) in [5.41, 5.74) is 2.01. The number of hydrogen-bond donors (Lipinski definition) is 5. The molecule has 14 nitrogen and oxygen atoms in total. The van der Waals surface area contributed by atoms with Crippen LogP contribution in [0.5, 0.6) is 0 Å². The minimum Gasteiger partial charge on any atom is -0.480 e. The molecule has 2 rings (SSSR count). The first-order valence-corrected chi connectivity index (χ1v) is 21.0. The van der Waals surface area contributed by atoms with Crippen molar-refractivity contribution in [3.05, 3.63) is 59.7 Å². The topological polar surface area (TPSA) is 206 Å². The van der Waals surface area contributed by atoms with E-state index in [-0.39, 0.29) is 56.9 Å². The molecule has 0 aliphatic carbocycles. The van der Waals surface area contributed by atoms with Crippen LogP contribution in [0.2, 0.25) is 0 Å². The van der Waals surface area contributed by atoms with Gasteiger partial charge in [0.2, 0.25) is 11.8 Å². The third kappa shape index (κ3) is 19.7. The van der Waals surface area contributed by atoms with Gasteiger partial charge in [0.1, 0.15) is 17.2 Å². The number of amides is 4. The van der Waals surface area contributed by atoms with Crippen molar-refractivity contribution >= 4 is 41.5 Å². The number of benzene rings is 2. The summed E-state index contributed by atoms with van der Waals surface area (Å²) in [5, 5.41) is 20.1. The van der Waals surface area contributed by atoms with Crippen molar-refractivity contribution in [2.24, 2.45) is 17.8 Å². The van der Waals surface area contributed by atoms with E-state index in [0.29, 0.717) is 5.56 Å². The summed E-state index contributed by atoms with van der Waals surface area (Å²) < 4.78 is 10.6. The molecule has 60 heavy (non-hydrogen) atoms. The summed E-state index contributed by atoms with van der Waals surface area (Å²) in [4.78, 5) is 91.3. The van der Waals surface area contributed by atoms with Crippen molar-refractivity contribution in [1.29, 1.82) is 0 Å². The summed E-state index contributed by atoms with van der Waals surface area (Å²) >= 11 is 0. The predicted molar refractivity (Wildman–Crippen MR) is 230 cm³/mol. The lowest BCUT2D eigenvalue weighted by Gasteiger charge is -2.25. The lowest BCUT2D eigenvalue weighted by atomic mass is 9.92. The average molecular weight is 837 g/mol. The molecule has 0 unspecified atom stereocenters. The van der Waals surface area contributed by atoms with E-state index in [2.05, 4.69) is 40.3 Å². The minimum atomic E-state index is -1.21. The van der Waals surface area contributed by atoms with Crippen LogP contribution in [-0.4, -0.2) is 83.0 Å². The summed E-state index contributed by atoms with van der Waals surface area (Å²) in [6.07, 6.45) is 1.32. The number of rotatable bonds is 23. The number of carbonyl (C=O) groups is 7. The Morgan fingerprint density at radius 3 is 1.65 bits per heavy atom. The monoisotopic (exact) mass is 836 g/mol. The molecule has 14 heteroatoms. The van der Waals surface area contributed by atoms with Crippen molar-refractivity contribution in [3.8, 4) is 11.1 Å². The smallest absolute Gasteiger partial charge is 0.407 e. The third-order valence-electron chi connectivity index (χ3n) is 9.36. The molecular weight excluding hydrogens is 769 g/mol. The van der Waals surface area contributed by atoms with Gasteiger partial charge in [0.05, 0.1) is 6.04 Å². The van der Waals surface area contributed by atoms with E-state index < -0.39 is 70.9 Å². The molecule has 0 aromatic heterocycles. The van der Waals surface area contributed by atoms with E-state index in [1.807, 2.05) is 38.1 Å². The Kier molecular flexibility index (Phi) is 20.4. The molecule has 0 fully saturated rings. The Morgan fingerprint density at radius 2 is 1.17 bits per heavy atom. The molecule has 332 valence electrons. The van der Waals surface area contributed by atoms with Crippen molar-refractivity contribution in [1.82, 2.24) is 21.3 Å². The number of Topliss-reactive ketones (excluding diaryl/α,β-unsaturated/α-hetero) is 2. The lowest BCUT2D eigenvalue weighted by Crippen LogP contribution is -2.48. The number of carboxylic acids is 1. The molecule has 0 aliphatic rings. The Bertz CT molecular complexity index is 1740. The van der Waals surface area contributed by atoms with Crippen LogP contribution in [0, 0.1) is 17.8 Å². The van der Waals surface area contributed by atoms with Crippen LogP contribution < -0.4 is 21.3 Å². The number of aliphatic carboxylic acids is 1. The molecule has 0 aliphatic heterocycles. The average Bonchev–Trinajstić information content (AvgIpc) is 3.14. The Hall–Kier alpha value is -5.27. The molecule has 0 radical (unpaired) electrons. The number of ether oxygens (including phenoxy) is 2. The second-order valence-electron chi connectivity index (χ2n) is 17.8. The normalized spacial score (nSPS) is 13.6. The number of carbonyl (C=O) groups excluding carboxylic acids is 6. The first-order chi connectivity index (χ1) is 28.0. The van der Waals surface area contributed by atoms with E-state index >= 15 is 0 Å². The number of alkyl carbamates (subject to hydrolysis) is 2. The fraction of sp³-hybridized carbons (Fsp3) is 0.587. The Balaban J connectivity index is 2.33. The van der Waals surface area contributed by atoms with Gasteiger partial charge >= 0.3 is 18.2 Å². The predicted octanol–water partition coefficient (Wildman–Crippen LogP) is 7.41. The Labute approximate surface area is 355 Å². The van der Waals surface area contributed by atoms with Crippen LogP contribution in [0.4, 0.5) is 9.59 Å². The number of aryl methyl sites for hydroxylation is 1.